The molecule has 2 amide bonds. The molecule has 104 valence electrons. The van der Waals surface area contributed by atoms with Gasteiger partial charge in [0.1, 0.15) is 6.29 Å². The van der Waals surface area contributed by atoms with Crippen LogP contribution in [0.2, 0.25) is 0 Å². The molecule has 1 heterocycles. The van der Waals surface area contributed by atoms with E-state index in [1.807, 2.05) is 13.8 Å². The summed E-state index contributed by atoms with van der Waals surface area (Å²) in [5.74, 6) is -0.763. The van der Waals surface area contributed by atoms with Crippen LogP contribution in [-0.2, 0) is 14.4 Å². The molecule has 5 nitrogen and oxygen atoms in total. The average Bonchev–Trinajstić information content (AvgIpc) is 2.52. The predicted octanol–water partition coefficient (Wildman–Crippen LogP) is 0.765. The third-order valence-corrected chi connectivity index (χ3v) is 2.79. The molecule has 0 aliphatic carbocycles. The summed E-state index contributed by atoms with van der Waals surface area (Å²) in [4.78, 5) is 35.1. The van der Waals surface area contributed by atoms with Gasteiger partial charge >= 0.3 is 0 Å². The van der Waals surface area contributed by atoms with Crippen LogP contribution in [0.4, 0.5) is 0 Å². The lowest BCUT2D eigenvalue weighted by Crippen LogP contribution is -2.47. The first kappa shape index (κ1) is 17.1. The Morgan fingerprint density at radius 2 is 2.00 bits per heavy atom. The predicted molar refractivity (Wildman–Crippen MR) is 73.3 cm³/mol. The van der Waals surface area contributed by atoms with Gasteiger partial charge in [-0.2, -0.15) is 12.6 Å². The van der Waals surface area contributed by atoms with Crippen molar-refractivity contribution in [1.82, 2.24) is 4.90 Å². The van der Waals surface area contributed by atoms with Gasteiger partial charge in [0.15, 0.2) is 0 Å². The summed E-state index contributed by atoms with van der Waals surface area (Å²) in [6.45, 7) is 7.49. The zero-order valence-electron chi connectivity index (χ0n) is 11.3. The van der Waals surface area contributed by atoms with Crippen LogP contribution in [0, 0.1) is 0 Å². The number of carbonyl (C=O) groups excluding carboxylic acids is 3. The lowest BCUT2D eigenvalue weighted by molar-refractivity contribution is -0.143. The second kappa shape index (κ2) is 6.89. The largest absolute Gasteiger partial charge is 0.325 e. The highest BCUT2D eigenvalue weighted by atomic mass is 32.1. The van der Waals surface area contributed by atoms with Crippen LogP contribution in [0.5, 0.6) is 0 Å². The number of amides is 2. The van der Waals surface area contributed by atoms with Gasteiger partial charge in [-0.3, -0.25) is 14.5 Å². The molecule has 1 saturated heterocycles. The molecule has 1 rings (SSSR count). The maximum atomic E-state index is 11.6. The molecule has 0 bridgehead atoms. The molecule has 0 saturated carbocycles. The van der Waals surface area contributed by atoms with Gasteiger partial charge in [0.2, 0.25) is 11.8 Å². The van der Waals surface area contributed by atoms with E-state index in [9.17, 15) is 14.4 Å². The van der Waals surface area contributed by atoms with Crippen LogP contribution in [-0.4, -0.2) is 39.8 Å². The fraction of sp³-hybridized carbons (Fsp3) is 0.750. The molecular weight excluding hydrogens is 252 g/mol. The highest BCUT2D eigenvalue weighted by Gasteiger charge is 2.41. The van der Waals surface area contributed by atoms with Crippen LogP contribution in [0.3, 0.4) is 0 Å². The molecule has 2 atom stereocenters. The van der Waals surface area contributed by atoms with E-state index in [1.165, 1.54) is 0 Å². The number of hydrogen-bond donors (Lipinski definition) is 2. The van der Waals surface area contributed by atoms with Crippen molar-refractivity contribution in [3.8, 4) is 0 Å². The summed E-state index contributed by atoms with van der Waals surface area (Å²) in [6.07, 6.45) is 0.905. The van der Waals surface area contributed by atoms with Gasteiger partial charge in [-0.15, -0.1) is 0 Å². The summed E-state index contributed by atoms with van der Waals surface area (Å²) < 4.78 is 0. The Morgan fingerprint density at radius 3 is 2.28 bits per heavy atom. The number of rotatable bonds is 4. The molecule has 0 spiro atoms. The van der Waals surface area contributed by atoms with E-state index >= 15 is 0 Å². The molecule has 2 unspecified atom stereocenters. The summed E-state index contributed by atoms with van der Waals surface area (Å²) in [6, 6.07) is -0.780. The molecule has 1 aliphatic rings. The summed E-state index contributed by atoms with van der Waals surface area (Å²) in [7, 11) is 0. The van der Waals surface area contributed by atoms with Gasteiger partial charge in [-0.25, -0.2) is 0 Å². The van der Waals surface area contributed by atoms with E-state index in [2.05, 4.69) is 12.6 Å². The SMILES string of the molecule is CC.CC(C)(N)CC(C=O)N1C(=O)CC(S)C1=O. The van der Waals surface area contributed by atoms with Crippen LogP contribution in [0.15, 0.2) is 0 Å². The quantitative estimate of drug-likeness (QED) is 0.451. The Morgan fingerprint density at radius 1 is 1.50 bits per heavy atom. The molecule has 1 fully saturated rings. The second-order valence-electron chi connectivity index (χ2n) is 4.72. The minimum Gasteiger partial charge on any atom is -0.325 e. The fourth-order valence-electron chi connectivity index (χ4n) is 1.72. The van der Waals surface area contributed by atoms with E-state index in [1.54, 1.807) is 13.8 Å². The van der Waals surface area contributed by atoms with Crippen molar-refractivity contribution < 1.29 is 14.4 Å². The van der Waals surface area contributed by atoms with Gasteiger partial charge in [0, 0.05) is 12.0 Å². The maximum Gasteiger partial charge on any atom is 0.243 e. The van der Waals surface area contributed by atoms with Crippen LogP contribution < -0.4 is 5.73 Å². The van der Waals surface area contributed by atoms with Crippen molar-refractivity contribution in [3.05, 3.63) is 0 Å². The van der Waals surface area contributed by atoms with Crippen LogP contribution in [0.25, 0.3) is 0 Å². The summed E-state index contributed by atoms with van der Waals surface area (Å²) >= 11 is 3.99. The smallest absolute Gasteiger partial charge is 0.243 e. The van der Waals surface area contributed by atoms with Crippen LogP contribution in [0.1, 0.15) is 40.5 Å². The van der Waals surface area contributed by atoms with Crippen molar-refractivity contribution in [1.29, 1.82) is 0 Å². The van der Waals surface area contributed by atoms with Crippen LogP contribution >= 0.6 is 12.6 Å². The molecule has 0 aromatic rings. The van der Waals surface area contributed by atoms with Crippen molar-refractivity contribution in [2.45, 2.75) is 57.4 Å². The molecule has 0 radical (unpaired) electrons. The normalized spacial score (nSPS) is 21.4. The van der Waals surface area contributed by atoms with Crippen molar-refractivity contribution in [2.75, 3.05) is 0 Å². The Kier molecular flexibility index (Phi) is 6.56. The van der Waals surface area contributed by atoms with Gasteiger partial charge < -0.3 is 10.5 Å². The second-order valence-corrected chi connectivity index (χ2v) is 5.34. The fourth-order valence-corrected chi connectivity index (χ4v) is 2.00. The molecular formula is C12H22N2O3S. The van der Waals surface area contributed by atoms with Crippen molar-refractivity contribution in [2.24, 2.45) is 5.73 Å². The number of carbonyl (C=O) groups is 3. The minimum atomic E-state index is -0.780. The number of hydrogen-bond acceptors (Lipinski definition) is 5. The Bertz CT molecular complexity index is 326. The third kappa shape index (κ3) is 4.42. The van der Waals surface area contributed by atoms with Gasteiger partial charge in [0.25, 0.3) is 0 Å². The first-order valence-electron chi connectivity index (χ1n) is 6.04. The van der Waals surface area contributed by atoms with E-state index in [0.717, 1.165) is 4.90 Å². The van der Waals surface area contributed by atoms with Gasteiger partial charge in [-0.05, 0) is 20.3 Å². The van der Waals surface area contributed by atoms with Gasteiger partial charge in [-0.1, -0.05) is 13.8 Å². The van der Waals surface area contributed by atoms with E-state index in [0.29, 0.717) is 6.29 Å². The van der Waals surface area contributed by atoms with E-state index in [4.69, 9.17) is 5.73 Å². The topological polar surface area (TPSA) is 80.5 Å². The zero-order valence-corrected chi connectivity index (χ0v) is 12.2. The lowest BCUT2D eigenvalue weighted by Gasteiger charge is -2.28. The molecule has 0 aromatic carbocycles. The highest BCUT2D eigenvalue weighted by molar-refractivity contribution is 7.81. The average molecular weight is 274 g/mol. The Labute approximate surface area is 113 Å². The number of aldehydes is 1. The lowest BCUT2D eigenvalue weighted by atomic mass is 9.96. The number of imide groups is 1. The zero-order chi connectivity index (χ0) is 14.5. The third-order valence-electron chi connectivity index (χ3n) is 2.38. The monoisotopic (exact) mass is 274 g/mol. The minimum absolute atomic E-state index is 0.0529. The Balaban J connectivity index is 0.00000137. The molecule has 0 aromatic heterocycles. The van der Waals surface area contributed by atoms with Gasteiger partial charge in [0.05, 0.1) is 11.3 Å². The van der Waals surface area contributed by atoms with E-state index < -0.39 is 22.7 Å². The summed E-state index contributed by atoms with van der Waals surface area (Å²) in [5.41, 5.74) is 5.17. The Hall–Kier alpha value is -0.880. The number of nitrogens with two attached hydrogens (primary N) is 1. The van der Waals surface area contributed by atoms with Crippen molar-refractivity contribution in [3.63, 3.8) is 0 Å². The summed E-state index contributed by atoms with van der Waals surface area (Å²) in [5, 5.41) is -0.629. The molecule has 1 aliphatic heterocycles. The number of nitrogens with zero attached hydrogens (tertiary/aromatic N) is 1. The first-order chi connectivity index (χ1) is 8.26. The standard InChI is InChI=1S/C10H16N2O3S.C2H6/c1-10(2,11)4-6(5-13)12-8(14)3-7(16)9(12)15;1-2/h5-7,16H,3-4,11H2,1-2H3;1-2H3. The molecule has 2 N–H and O–H groups in total. The maximum absolute atomic E-state index is 11.6. The first-order valence-corrected chi connectivity index (χ1v) is 6.56. The van der Waals surface area contributed by atoms with E-state index in [-0.39, 0.29) is 18.7 Å². The molecule has 6 heteroatoms. The number of thiol groups is 1. The highest BCUT2D eigenvalue weighted by Crippen LogP contribution is 2.23. The number of likely N-dealkylation sites (tertiary alicyclic amines) is 1. The molecule has 18 heavy (non-hydrogen) atoms. The van der Waals surface area contributed by atoms with Crippen molar-refractivity contribution >= 4 is 30.7 Å².